The summed E-state index contributed by atoms with van der Waals surface area (Å²) in [6.07, 6.45) is 0.169. The summed E-state index contributed by atoms with van der Waals surface area (Å²) >= 11 is 6.42. The van der Waals surface area contributed by atoms with E-state index in [9.17, 15) is 19.7 Å². The SMILES string of the molecule is CC(C)(C)c1ccc(C(=O)N2N=C(c3c(-c4ccccc4)c4cc(Cl)ccc4[nH]c3=O)CC2c2cccc([N+](=O)[O-])c2)cc1. The van der Waals surface area contributed by atoms with Gasteiger partial charge in [0.1, 0.15) is 0 Å². The average Bonchev–Trinajstić information content (AvgIpc) is 3.45. The Kier molecular flexibility index (Phi) is 7.39. The van der Waals surface area contributed by atoms with E-state index in [4.69, 9.17) is 16.7 Å². The molecule has 1 aliphatic rings. The number of hydrazone groups is 1. The van der Waals surface area contributed by atoms with Crippen molar-refractivity contribution in [1.29, 1.82) is 0 Å². The average molecular weight is 605 g/mol. The van der Waals surface area contributed by atoms with Crippen LogP contribution in [0.15, 0.2) is 107 Å². The van der Waals surface area contributed by atoms with Crippen molar-refractivity contribution in [3.05, 3.63) is 145 Å². The second-order valence-electron chi connectivity index (χ2n) is 11.9. The van der Waals surface area contributed by atoms with Gasteiger partial charge in [-0.1, -0.05) is 87.0 Å². The van der Waals surface area contributed by atoms with Crippen LogP contribution in [-0.2, 0) is 5.41 Å². The molecule has 0 saturated heterocycles. The molecule has 5 aromatic rings. The number of carbonyl (C=O) groups is 1. The zero-order valence-corrected chi connectivity index (χ0v) is 25.1. The number of aromatic amines is 1. The molecule has 8 nitrogen and oxygen atoms in total. The van der Waals surface area contributed by atoms with E-state index in [1.54, 1.807) is 42.5 Å². The zero-order chi connectivity index (χ0) is 31.2. The molecule has 0 spiro atoms. The van der Waals surface area contributed by atoms with Crippen LogP contribution in [-0.4, -0.2) is 26.5 Å². The first-order valence-corrected chi connectivity index (χ1v) is 14.6. The molecule has 4 aromatic carbocycles. The summed E-state index contributed by atoms with van der Waals surface area (Å²) in [4.78, 5) is 42.0. The number of hydrogen-bond acceptors (Lipinski definition) is 5. The topological polar surface area (TPSA) is 109 Å². The van der Waals surface area contributed by atoms with Crippen molar-refractivity contribution in [1.82, 2.24) is 9.99 Å². The number of benzene rings is 4. The number of amides is 1. The van der Waals surface area contributed by atoms with Crippen LogP contribution in [0.2, 0.25) is 5.02 Å². The maximum absolute atomic E-state index is 14.1. The van der Waals surface area contributed by atoms with Crippen molar-refractivity contribution < 1.29 is 9.72 Å². The smallest absolute Gasteiger partial charge is 0.274 e. The van der Waals surface area contributed by atoms with Gasteiger partial charge < -0.3 is 4.98 Å². The normalized spacial score (nSPS) is 15.0. The summed E-state index contributed by atoms with van der Waals surface area (Å²) in [5.41, 5.74) is 4.24. The van der Waals surface area contributed by atoms with E-state index in [1.165, 1.54) is 17.1 Å². The van der Waals surface area contributed by atoms with Crippen molar-refractivity contribution in [2.24, 2.45) is 5.10 Å². The molecule has 0 saturated carbocycles. The third-order valence-corrected chi connectivity index (χ3v) is 8.14. The predicted molar refractivity (Wildman–Crippen MR) is 173 cm³/mol. The molecule has 1 unspecified atom stereocenters. The van der Waals surface area contributed by atoms with E-state index in [2.05, 4.69) is 25.8 Å². The molecule has 0 aliphatic carbocycles. The third-order valence-electron chi connectivity index (χ3n) is 7.91. The van der Waals surface area contributed by atoms with Crippen LogP contribution >= 0.6 is 11.6 Å². The lowest BCUT2D eigenvalue weighted by molar-refractivity contribution is -0.384. The van der Waals surface area contributed by atoms with E-state index in [0.717, 1.165) is 16.5 Å². The molecule has 220 valence electrons. The van der Waals surface area contributed by atoms with Gasteiger partial charge in [0.15, 0.2) is 0 Å². The number of nitro groups is 1. The van der Waals surface area contributed by atoms with Crippen LogP contribution in [0.25, 0.3) is 22.0 Å². The molecule has 0 radical (unpaired) electrons. The van der Waals surface area contributed by atoms with Crippen LogP contribution < -0.4 is 5.56 Å². The minimum absolute atomic E-state index is 0.0963. The highest BCUT2D eigenvalue weighted by Crippen LogP contribution is 2.39. The van der Waals surface area contributed by atoms with Crippen molar-refractivity contribution in [3.63, 3.8) is 0 Å². The number of non-ortho nitro benzene ring substituents is 1. The van der Waals surface area contributed by atoms with Crippen LogP contribution in [0.5, 0.6) is 0 Å². The van der Waals surface area contributed by atoms with Crippen molar-refractivity contribution >= 4 is 39.8 Å². The summed E-state index contributed by atoms with van der Waals surface area (Å²) in [7, 11) is 0. The predicted octanol–water partition coefficient (Wildman–Crippen LogP) is 8.05. The lowest BCUT2D eigenvalue weighted by atomic mass is 9.86. The van der Waals surface area contributed by atoms with E-state index in [-0.39, 0.29) is 29.0 Å². The van der Waals surface area contributed by atoms with Crippen molar-refractivity contribution in [2.45, 2.75) is 38.6 Å². The fourth-order valence-corrected chi connectivity index (χ4v) is 5.82. The molecule has 0 fully saturated rings. The van der Waals surface area contributed by atoms with Gasteiger partial charge in [0.25, 0.3) is 17.2 Å². The highest BCUT2D eigenvalue weighted by molar-refractivity contribution is 6.31. The highest BCUT2D eigenvalue weighted by Gasteiger charge is 2.36. The molecule has 0 bridgehead atoms. The third kappa shape index (κ3) is 5.40. The number of nitrogens with zero attached hydrogens (tertiary/aromatic N) is 3. The number of nitro benzene ring substituents is 1. The Labute approximate surface area is 258 Å². The maximum atomic E-state index is 14.1. The number of aromatic nitrogens is 1. The maximum Gasteiger partial charge on any atom is 0.274 e. The number of halogens is 1. The number of H-pyrrole nitrogens is 1. The van der Waals surface area contributed by atoms with Crippen LogP contribution in [0.4, 0.5) is 5.69 Å². The summed E-state index contributed by atoms with van der Waals surface area (Å²) in [6.45, 7) is 6.29. The van der Waals surface area contributed by atoms with Gasteiger partial charge in [0.05, 0.1) is 22.2 Å². The first-order chi connectivity index (χ1) is 21.0. The van der Waals surface area contributed by atoms with E-state index in [0.29, 0.717) is 38.5 Å². The highest BCUT2D eigenvalue weighted by atomic mass is 35.5. The second-order valence-corrected chi connectivity index (χ2v) is 12.3. The van der Waals surface area contributed by atoms with Gasteiger partial charge in [-0.15, -0.1) is 0 Å². The Bertz CT molecular complexity index is 2010. The number of nitrogens with one attached hydrogen (secondary N) is 1. The summed E-state index contributed by atoms with van der Waals surface area (Å²) < 4.78 is 0. The molecule has 1 N–H and O–H groups in total. The Morgan fingerprint density at radius 1 is 0.955 bits per heavy atom. The van der Waals surface area contributed by atoms with Gasteiger partial charge in [-0.05, 0) is 52.4 Å². The molecule has 1 amide bonds. The lowest BCUT2D eigenvalue weighted by Gasteiger charge is -2.23. The van der Waals surface area contributed by atoms with Gasteiger partial charge in [0, 0.05) is 45.6 Å². The molecular weight excluding hydrogens is 576 g/mol. The van der Waals surface area contributed by atoms with E-state index in [1.807, 2.05) is 42.5 Å². The minimum Gasteiger partial charge on any atom is -0.321 e. The van der Waals surface area contributed by atoms with Crippen LogP contribution in [0.1, 0.15) is 60.3 Å². The molecular formula is C35H29ClN4O4. The standard InChI is InChI=1S/C35H29ClN4O4/c1-35(2,3)24-14-12-22(13-15-24)34(42)39-30(23-10-7-11-26(18-23)40(43)44)20-29(38-39)32-31(21-8-5-4-6-9-21)27-19-25(36)16-17-28(27)37-33(32)41/h4-19,30H,20H2,1-3H3,(H,37,41). The molecule has 44 heavy (non-hydrogen) atoms. The Morgan fingerprint density at radius 3 is 2.36 bits per heavy atom. The zero-order valence-electron chi connectivity index (χ0n) is 24.4. The van der Waals surface area contributed by atoms with E-state index >= 15 is 0 Å². The van der Waals surface area contributed by atoms with Crippen molar-refractivity contribution in [3.8, 4) is 11.1 Å². The molecule has 9 heteroatoms. The summed E-state index contributed by atoms with van der Waals surface area (Å²) in [6, 6.07) is 27.6. The number of carbonyl (C=O) groups excluding carboxylic acids is 1. The minimum atomic E-state index is -0.683. The van der Waals surface area contributed by atoms with Gasteiger partial charge in [-0.2, -0.15) is 5.10 Å². The number of rotatable bonds is 5. The first kappa shape index (κ1) is 29.0. The monoisotopic (exact) mass is 604 g/mol. The largest absolute Gasteiger partial charge is 0.321 e. The molecule has 1 aromatic heterocycles. The molecule has 1 atom stereocenters. The van der Waals surface area contributed by atoms with E-state index < -0.39 is 11.0 Å². The Morgan fingerprint density at radius 2 is 1.68 bits per heavy atom. The fourth-order valence-electron chi connectivity index (χ4n) is 5.64. The summed E-state index contributed by atoms with van der Waals surface area (Å²) in [5.74, 6) is -0.376. The first-order valence-electron chi connectivity index (χ1n) is 14.2. The molecule has 1 aliphatic heterocycles. The molecule has 6 rings (SSSR count). The molecule has 2 heterocycles. The van der Waals surface area contributed by atoms with Gasteiger partial charge in [-0.25, -0.2) is 5.01 Å². The fraction of sp³-hybridized carbons (Fsp3) is 0.171. The second kappa shape index (κ2) is 11.2. The van der Waals surface area contributed by atoms with Gasteiger partial charge >= 0.3 is 0 Å². The summed E-state index contributed by atoms with van der Waals surface area (Å²) in [5, 5.41) is 19.0. The van der Waals surface area contributed by atoms with Crippen molar-refractivity contribution in [2.75, 3.05) is 0 Å². The van der Waals surface area contributed by atoms with Gasteiger partial charge in [-0.3, -0.25) is 19.7 Å². The quantitative estimate of drug-likeness (QED) is 0.162. The number of pyridine rings is 1. The Hall–Kier alpha value is -5.08. The van der Waals surface area contributed by atoms with Crippen LogP contribution in [0, 0.1) is 10.1 Å². The lowest BCUT2D eigenvalue weighted by Crippen LogP contribution is -2.27. The Balaban J connectivity index is 1.54. The van der Waals surface area contributed by atoms with Gasteiger partial charge in [0.2, 0.25) is 0 Å². The number of fused-ring (bicyclic) bond motifs is 1. The van der Waals surface area contributed by atoms with Crippen LogP contribution in [0.3, 0.4) is 0 Å². The number of hydrogen-bond donors (Lipinski definition) is 1.